The van der Waals surface area contributed by atoms with Gasteiger partial charge in [0.25, 0.3) is 0 Å². The van der Waals surface area contributed by atoms with Crippen molar-refractivity contribution in [1.82, 2.24) is 5.32 Å². The van der Waals surface area contributed by atoms with Crippen LogP contribution < -0.4 is 10.1 Å². The number of hydrogen-bond acceptors (Lipinski definition) is 3. The van der Waals surface area contributed by atoms with E-state index in [-0.39, 0.29) is 0 Å². The lowest BCUT2D eigenvalue weighted by Crippen LogP contribution is -2.27. The molecule has 2 aromatic carbocycles. The van der Waals surface area contributed by atoms with Gasteiger partial charge in [-0.2, -0.15) is 0 Å². The van der Waals surface area contributed by atoms with E-state index in [2.05, 4.69) is 47.8 Å². The van der Waals surface area contributed by atoms with E-state index in [0.29, 0.717) is 6.10 Å². The van der Waals surface area contributed by atoms with Gasteiger partial charge in [-0.05, 0) is 55.1 Å². The van der Waals surface area contributed by atoms with Gasteiger partial charge < -0.3 is 14.8 Å². The molecular formula is C19H25NO2. The predicted octanol–water partition coefficient (Wildman–Crippen LogP) is 3.77. The van der Waals surface area contributed by atoms with Gasteiger partial charge in [0.1, 0.15) is 5.75 Å². The van der Waals surface area contributed by atoms with E-state index in [4.69, 9.17) is 9.47 Å². The molecule has 0 amide bonds. The number of ether oxygens (including phenoxy) is 2. The summed E-state index contributed by atoms with van der Waals surface area (Å²) in [6.07, 6.45) is 5.07. The van der Waals surface area contributed by atoms with Crippen LogP contribution in [-0.2, 0) is 4.74 Å². The molecule has 1 fully saturated rings. The summed E-state index contributed by atoms with van der Waals surface area (Å²) >= 11 is 0. The molecule has 22 heavy (non-hydrogen) atoms. The second-order valence-electron chi connectivity index (χ2n) is 5.90. The number of hydrogen-bond donors (Lipinski definition) is 1. The summed E-state index contributed by atoms with van der Waals surface area (Å²) < 4.78 is 11.4. The lowest BCUT2D eigenvalue weighted by Gasteiger charge is -2.11. The van der Waals surface area contributed by atoms with Crippen molar-refractivity contribution in [2.75, 3.05) is 26.3 Å². The second kappa shape index (κ2) is 8.16. The van der Waals surface area contributed by atoms with Crippen LogP contribution in [0.3, 0.4) is 0 Å². The van der Waals surface area contributed by atoms with Crippen molar-refractivity contribution in [3.05, 3.63) is 42.5 Å². The second-order valence-corrected chi connectivity index (χ2v) is 5.90. The number of unbranched alkanes of at least 4 members (excludes halogenated alkanes) is 1. The van der Waals surface area contributed by atoms with Crippen molar-refractivity contribution >= 4 is 10.8 Å². The van der Waals surface area contributed by atoms with Gasteiger partial charge in [-0.1, -0.05) is 30.3 Å². The Morgan fingerprint density at radius 3 is 2.86 bits per heavy atom. The molecular weight excluding hydrogens is 274 g/mol. The Labute approximate surface area is 132 Å². The molecule has 0 spiro atoms. The molecule has 3 heteroatoms. The summed E-state index contributed by atoms with van der Waals surface area (Å²) in [6, 6.07) is 14.7. The van der Waals surface area contributed by atoms with Crippen LogP contribution in [0, 0.1) is 0 Å². The number of nitrogens with one attached hydrogen (secondary N) is 1. The lowest BCUT2D eigenvalue weighted by molar-refractivity contribution is 0.110. The van der Waals surface area contributed by atoms with E-state index < -0.39 is 0 Å². The van der Waals surface area contributed by atoms with Crippen molar-refractivity contribution in [3.8, 4) is 5.75 Å². The molecule has 1 atom stereocenters. The van der Waals surface area contributed by atoms with Crippen LogP contribution in [0.5, 0.6) is 5.75 Å². The normalized spacial score (nSPS) is 17.9. The molecule has 0 aliphatic carbocycles. The summed E-state index contributed by atoms with van der Waals surface area (Å²) in [5.74, 6) is 0.964. The third-order valence-electron chi connectivity index (χ3n) is 4.13. The SMILES string of the molecule is c1ccc2cc(OCCCCNC[C@@H]3CCCO3)ccc2c1. The first-order valence-corrected chi connectivity index (χ1v) is 8.36. The third-order valence-corrected chi connectivity index (χ3v) is 4.13. The highest BCUT2D eigenvalue weighted by atomic mass is 16.5. The Morgan fingerprint density at radius 2 is 2.00 bits per heavy atom. The summed E-state index contributed by atoms with van der Waals surface area (Å²) in [7, 11) is 0. The molecule has 1 heterocycles. The number of benzene rings is 2. The van der Waals surface area contributed by atoms with Crippen molar-refractivity contribution in [2.24, 2.45) is 0 Å². The summed E-state index contributed by atoms with van der Waals surface area (Å²) in [5, 5.41) is 5.96. The molecule has 1 aliphatic heterocycles. The minimum atomic E-state index is 0.439. The van der Waals surface area contributed by atoms with Gasteiger partial charge in [0, 0.05) is 13.2 Å². The largest absolute Gasteiger partial charge is 0.494 e. The summed E-state index contributed by atoms with van der Waals surface area (Å²) in [4.78, 5) is 0. The third kappa shape index (κ3) is 4.46. The van der Waals surface area contributed by atoms with E-state index in [1.165, 1.54) is 23.6 Å². The highest BCUT2D eigenvalue weighted by molar-refractivity contribution is 5.83. The zero-order valence-corrected chi connectivity index (χ0v) is 13.1. The van der Waals surface area contributed by atoms with Gasteiger partial charge in [-0.25, -0.2) is 0 Å². The molecule has 3 nitrogen and oxygen atoms in total. The summed E-state index contributed by atoms with van der Waals surface area (Å²) in [5.41, 5.74) is 0. The maximum Gasteiger partial charge on any atom is 0.119 e. The maximum atomic E-state index is 5.84. The first-order valence-electron chi connectivity index (χ1n) is 8.36. The molecule has 0 unspecified atom stereocenters. The first-order chi connectivity index (χ1) is 10.9. The van der Waals surface area contributed by atoms with Crippen molar-refractivity contribution in [2.45, 2.75) is 31.8 Å². The Kier molecular flexibility index (Phi) is 5.68. The van der Waals surface area contributed by atoms with Gasteiger partial charge in [0.05, 0.1) is 12.7 Å². The van der Waals surface area contributed by atoms with Gasteiger partial charge in [0.15, 0.2) is 0 Å². The lowest BCUT2D eigenvalue weighted by atomic mass is 10.1. The average Bonchev–Trinajstić information content (AvgIpc) is 3.07. The highest BCUT2D eigenvalue weighted by Crippen LogP contribution is 2.20. The van der Waals surface area contributed by atoms with Crippen LogP contribution >= 0.6 is 0 Å². The van der Waals surface area contributed by atoms with Crippen LogP contribution in [0.25, 0.3) is 10.8 Å². The minimum Gasteiger partial charge on any atom is -0.494 e. The molecule has 1 N–H and O–H groups in total. The molecule has 0 bridgehead atoms. The van der Waals surface area contributed by atoms with Gasteiger partial charge in [-0.3, -0.25) is 0 Å². The van der Waals surface area contributed by atoms with Crippen LogP contribution in [0.15, 0.2) is 42.5 Å². The smallest absolute Gasteiger partial charge is 0.119 e. The van der Waals surface area contributed by atoms with Crippen LogP contribution in [0.4, 0.5) is 0 Å². The Bertz CT molecular complexity index is 578. The Balaban J connectivity index is 1.30. The molecule has 0 aromatic heterocycles. The van der Waals surface area contributed by atoms with E-state index in [0.717, 1.165) is 44.9 Å². The van der Waals surface area contributed by atoms with Gasteiger partial charge >= 0.3 is 0 Å². The zero-order valence-electron chi connectivity index (χ0n) is 13.1. The zero-order chi connectivity index (χ0) is 15.0. The fraction of sp³-hybridized carbons (Fsp3) is 0.474. The molecule has 1 saturated heterocycles. The van der Waals surface area contributed by atoms with Crippen molar-refractivity contribution in [1.29, 1.82) is 0 Å². The van der Waals surface area contributed by atoms with Crippen LogP contribution in [-0.4, -0.2) is 32.4 Å². The quantitative estimate of drug-likeness (QED) is 0.753. The van der Waals surface area contributed by atoms with E-state index in [1.54, 1.807) is 0 Å². The summed E-state index contributed by atoms with van der Waals surface area (Å²) in [6.45, 7) is 3.75. The molecule has 2 aromatic rings. The first kappa shape index (κ1) is 15.3. The van der Waals surface area contributed by atoms with Crippen molar-refractivity contribution < 1.29 is 9.47 Å². The molecule has 0 saturated carbocycles. The fourth-order valence-corrected chi connectivity index (χ4v) is 2.87. The predicted molar refractivity (Wildman–Crippen MR) is 90.5 cm³/mol. The van der Waals surface area contributed by atoms with E-state index in [1.807, 2.05) is 0 Å². The fourth-order valence-electron chi connectivity index (χ4n) is 2.87. The van der Waals surface area contributed by atoms with E-state index in [9.17, 15) is 0 Å². The topological polar surface area (TPSA) is 30.5 Å². The minimum absolute atomic E-state index is 0.439. The van der Waals surface area contributed by atoms with Crippen LogP contribution in [0.2, 0.25) is 0 Å². The number of fused-ring (bicyclic) bond motifs is 1. The van der Waals surface area contributed by atoms with Crippen molar-refractivity contribution in [3.63, 3.8) is 0 Å². The molecule has 3 rings (SSSR count). The monoisotopic (exact) mass is 299 g/mol. The van der Waals surface area contributed by atoms with Gasteiger partial charge in [-0.15, -0.1) is 0 Å². The Hall–Kier alpha value is -1.58. The molecule has 1 aliphatic rings. The van der Waals surface area contributed by atoms with Gasteiger partial charge in [0.2, 0.25) is 0 Å². The molecule has 118 valence electrons. The Morgan fingerprint density at radius 1 is 1.09 bits per heavy atom. The average molecular weight is 299 g/mol. The van der Waals surface area contributed by atoms with E-state index >= 15 is 0 Å². The number of rotatable bonds is 8. The standard InChI is InChI=1S/C19H25NO2/c1-2-7-17-14-18(10-9-16(17)6-1)21-12-4-3-11-20-15-19-8-5-13-22-19/h1-2,6-7,9-10,14,19-20H,3-5,8,11-13,15H2/t19-/m0/s1. The highest BCUT2D eigenvalue weighted by Gasteiger charge is 2.13. The molecule has 0 radical (unpaired) electrons. The maximum absolute atomic E-state index is 5.84. The van der Waals surface area contributed by atoms with Crippen LogP contribution in [0.1, 0.15) is 25.7 Å².